The maximum Gasteiger partial charge on any atom is 0.338 e. The minimum absolute atomic E-state index is 0.000636. The Bertz CT molecular complexity index is 985. The van der Waals surface area contributed by atoms with Crippen molar-refractivity contribution in [2.24, 2.45) is 0 Å². The Morgan fingerprint density at radius 2 is 1.90 bits per heavy atom. The smallest absolute Gasteiger partial charge is 0.338 e. The molecule has 11 heteroatoms. The number of esters is 1. The van der Waals surface area contributed by atoms with E-state index in [1.54, 1.807) is 20.8 Å². The average molecular weight is 447 g/mol. The average Bonchev–Trinajstić information content (AvgIpc) is 2.93. The molecule has 0 bridgehead atoms. The maximum atomic E-state index is 12.6. The first kappa shape index (κ1) is 23.3. The van der Waals surface area contributed by atoms with Crippen LogP contribution < -0.4 is 5.32 Å². The number of sulfonamides is 1. The number of carbonyl (C=O) groups excluding carboxylic acids is 2. The Morgan fingerprint density at radius 1 is 1.24 bits per heavy atom. The molecule has 0 spiro atoms. The first-order chi connectivity index (χ1) is 13.4. The standard InChI is InChI=1S/C18H26N2O7S2/c1-4-20(5-2)29(25,26)15-8-6-7-14(11-15)17(22)27-12-16(21)19-18(3)9-10-28(23,24)13-18/h6-8,11H,4-5,9-10,12-13H2,1-3H3,(H,19,21). The summed E-state index contributed by atoms with van der Waals surface area (Å²) in [6.45, 7) is 5.05. The van der Waals surface area contributed by atoms with Gasteiger partial charge in [-0.1, -0.05) is 19.9 Å². The topological polar surface area (TPSA) is 127 Å². The van der Waals surface area contributed by atoms with Crippen LogP contribution >= 0.6 is 0 Å². The van der Waals surface area contributed by atoms with Crippen LogP contribution in [0.4, 0.5) is 0 Å². The number of hydrogen-bond acceptors (Lipinski definition) is 7. The van der Waals surface area contributed by atoms with Gasteiger partial charge in [0.25, 0.3) is 5.91 Å². The van der Waals surface area contributed by atoms with E-state index >= 15 is 0 Å². The van der Waals surface area contributed by atoms with Gasteiger partial charge in [-0.2, -0.15) is 4.31 Å². The summed E-state index contributed by atoms with van der Waals surface area (Å²) < 4.78 is 54.6. The zero-order chi connectivity index (χ0) is 21.9. The number of carbonyl (C=O) groups is 2. The minimum Gasteiger partial charge on any atom is -0.452 e. The summed E-state index contributed by atoms with van der Waals surface area (Å²) in [4.78, 5) is 24.3. The Labute approximate surface area is 171 Å². The molecular formula is C18H26N2O7S2. The number of benzene rings is 1. The number of hydrogen-bond donors (Lipinski definition) is 1. The summed E-state index contributed by atoms with van der Waals surface area (Å²) >= 11 is 0. The second-order valence-corrected chi connectivity index (χ2v) is 11.3. The lowest BCUT2D eigenvalue weighted by Crippen LogP contribution is -2.48. The fourth-order valence-electron chi connectivity index (χ4n) is 3.19. The molecule has 1 fully saturated rings. The SMILES string of the molecule is CCN(CC)S(=O)(=O)c1cccc(C(=O)OCC(=O)NC2(C)CCS(=O)(=O)C2)c1. The van der Waals surface area contributed by atoms with Gasteiger partial charge in [-0.15, -0.1) is 0 Å². The molecule has 1 aliphatic rings. The van der Waals surface area contributed by atoms with Gasteiger partial charge in [-0.3, -0.25) is 4.79 Å². The first-order valence-electron chi connectivity index (χ1n) is 9.21. The van der Waals surface area contributed by atoms with Crippen molar-refractivity contribution in [1.82, 2.24) is 9.62 Å². The van der Waals surface area contributed by atoms with Crippen LogP contribution in [0.15, 0.2) is 29.2 Å². The first-order valence-corrected chi connectivity index (χ1v) is 12.5. The quantitative estimate of drug-likeness (QED) is 0.578. The van der Waals surface area contributed by atoms with E-state index < -0.39 is 43.9 Å². The van der Waals surface area contributed by atoms with E-state index in [-0.39, 0.29) is 22.0 Å². The van der Waals surface area contributed by atoms with Crippen molar-refractivity contribution in [3.63, 3.8) is 0 Å². The van der Waals surface area contributed by atoms with Crippen LogP contribution in [-0.2, 0) is 29.4 Å². The molecule has 1 saturated heterocycles. The number of ether oxygens (including phenoxy) is 1. The van der Waals surface area contributed by atoms with Gasteiger partial charge in [0.05, 0.1) is 27.5 Å². The lowest BCUT2D eigenvalue weighted by atomic mass is 10.0. The third kappa shape index (κ3) is 5.77. The van der Waals surface area contributed by atoms with E-state index in [0.29, 0.717) is 19.5 Å². The zero-order valence-corrected chi connectivity index (χ0v) is 18.3. The second kappa shape index (κ2) is 8.80. The number of nitrogens with zero attached hydrogens (tertiary/aromatic N) is 1. The summed E-state index contributed by atoms with van der Waals surface area (Å²) in [6, 6.07) is 5.42. The van der Waals surface area contributed by atoms with Gasteiger partial charge < -0.3 is 10.1 Å². The van der Waals surface area contributed by atoms with Crippen molar-refractivity contribution in [1.29, 1.82) is 0 Å². The fraction of sp³-hybridized carbons (Fsp3) is 0.556. The number of sulfone groups is 1. The van der Waals surface area contributed by atoms with Crippen molar-refractivity contribution in [2.45, 2.75) is 37.6 Å². The minimum atomic E-state index is -3.73. The molecule has 1 N–H and O–H groups in total. The zero-order valence-electron chi connectivity index (χ0n) is 16.7. The summed E-state index contributed by atoms with van der Waals surface area (Å²) in [5, 5.41) is 2.59. The van der Waals surface area contributed by atoms with Crippen molar-refractivity contribution < 1.29 is 31.2 Å². The van der Waals surface area contributed by atoms with Crippen LogP contribution in [-0.4, -0.2) is 69.8 Å². The molecular weight excluding hydrogens is 420 g/mol. The number of amides is 1. The second-order valence-electron chi connectivity index (χ2n) is 7.14. The highest BCUT2D eigenvalue weighted by atomic mass is 32.2. The Kier molecular flexibility index (Phi) is 7.07. The highest BCUT2D eigenvalue weighted by Crippen LogP contribution is 2.22. The monoisotopic (exact) mass is 446 g/mol. The molecule has 2 rings (SSSR count). The summed E-state index contributed by atoms with van der Waals surface area (Å²) in [5.74, 6) is -1.63. The van der Waals surface area contributed by atoms with Crippen LogP contribution in [0.5, 0.6) is 0 Å². The molecule has 0 radical (unpaired) electrons. The number of rotatable bonds is 8. The molecule has 1 aromatic carbocycles. The normalized spacial score (nSPS) is 21.1. The lowest BCUT2D eigenvalue weighted by Gasteiger charge is -2.23. The molecule has 1 heterocycles. The molecule has 0 saturated carbocycles. The van der Waals surface area contributed by atoms with Crippen molar-refractivity contribution in [3.8, 4) is 0 Å². The van der Waals surface area contributed by atoms with Crippen LogP contribution in [0.3, 0.4) is 0 Å². The molecule has 1 aliphatic heterocycles. The van der Waals surface area contributed by atoms with Gasteiger partial charge in [0.1, 0.15) is 0 Å². The van der Waals surface area contributed by atoms with Gasteiger partial charge in [-0.25, -0.2) is 21.6 Å². The maximum absolute atomic E-state index is 12.6. The van der Waals surface area contributed by atoms with Crippen LogP contribution in [0.25, 0.3) is 0 Å². The van der Waals surface area contributed by atoms with E-state index in [1.807, 2.05) is 0 Å². The third-order valence-electron chi connectivity index (χ3n) is 4.69. The summed E-state index contributed by atoms with van der Waals surface area (Å²) in [6.07, 6.45) is 0.292. The van der Waals surface area contributed by atoms with Gasteiger partial charge in [0.15, 0.2) is 16.4 Å². The molecule has 162 valence electrons. The van der Waals surface area contributed by atoms with E-state index in [1.165, 1.54) is 28.6 Å². The lowest BCUT2D eigenvalue weighted by molar-refractivity contribution is -0.125. The summed E-state index contributed by atoms with van der Waals surface area (Å²) in [7, 11) is -6.92. The number of nitrogens with one attached hydrogen (secondary N) is 1. The molecule has 1 amide bonds. The van der Waals surface area contributed by atoms with Gasteiger partial charge in [-0.05, 0) is 31.5 Å². The fourth-order valence-corrected chi connectivity index (χ4v) is 6.79. The van der Waals surface area contributed by atoms with E-state index in [4.69, 9.17) is 4.74 Å². The predicted octanol–water partition coefficient (Wildman–Crippen LogP) is 0.567. The molecule has 9 nitrogen and oxygen atoms in total. The van der Waals surface area contributed by atoms with Crippen molar-refractivity contribution in [2.75, 3.05) is 31.2 Å². The predicted molar refractivity (Wildman–Crippen MR) is 107 cm³/mol. The molecule has 0 aliphatic carbocycles. The van der Waals surface area contributed by atoms with Crippen LogP contribution in [0, 0.1) is 0 Å². The third-order valence-corrected chi connectivity index (χ3v) is 8.64. The van der Waals surface area contributed by atoms with Gasteiger partial charge in [0, 0.05) is 13.1 Å². The van der Waals surface area contributed by atoms with E-state index in [9.17, 15) is 26.4 Å². The molecule has 0 aromatic heterocycles. The largest absolute Gasteiger partial charge is 0.452 e. The van der Waals surface area contributed by atoms with Crippen molar-refractivity contribution >= 4 is 31.7 Å². The van der Waals surface area contributed by atoms with E-state index in [2.05, 4.69) is 5.32 Å². The Morgan fingerprint density at radius 3 is 2.45 bits per heavy atom. The Balaban J connectivity index is 2.02. The highest BCUT2D eigenvalue weighted by molar-refractivity contribution is 7.91. The van der Waals surface area contributed by atoms with Crippen molar-refractivity contribution in [3.05, 3.63) is 29.8 Å². The molecule has 1 unspecified atom stereocenters. The van der Waals surface area contributed by atoms with Crippen LogP contribution in [0.1, 0.15) is 37.6 Å². The summed E-state index contributed by atoms with van der Waals surface area (Å²) in [5.41, 5.74) is -0.888. The molecule has 29 heavy (non-hydrogen) atoms. The van der Waals surface area contributed by atoms with Gasteiger partial charge >= 0.3 is 5.97 Å². The molecule has 1 atom stereocenters. The van der Waals surface area contributed by atoms with Gasteiger partial charge in [0.2, 0.25) is 10.0 Å². The Hall–Kier alpha value is -1.98. The van der Waals surface area contributed by atoms with E-state index in [0.717, 1.165) is 0 Å². The molecule has 1 aromatic rings. The van der Waals surface area contributed by atoms with Crippen LogP contribution in [0.2, 0.25) is 0 Å². The highest BCUT2D eigenvalue weighted by Gasteiger charge is 2.39.